The predicted octanol–water partition coefficient (Wildman–Crippen LogP) is 4.44. The molecule has 2 aromatic rings. The molecule has 0 saturated heterocycles. The highest BCUT2D eigenvalue weighted by atomic mass is 79.9. The van der Waals surface area contributed by atoms with Crippen molar-refractivity contribution in [2.24, 2.45) is 0 Å². The number of carbonyl (C=O) groups excluding carboxylic acids is 1. The molecule has 0 unspecified atom stereocenters. The molecular formula is C19H22BrNO2. The first-order valence-corrected chi connectivity index (χ1v) is 8.48. The maximum absolute atomic E-state index is 12.3. The molecule has 0 aliphatic rings. The van der Waals surface area contributed by atoms with E-state index in [4.69, 9.17) is 4.74 Å². The van der Waals surface area contributed by atoms with Gasteiger partial charge in [0.05, 0.1) is 12.7 Å². The van der Waals surface area contributed by atoms with E-state index in [1.54, 1.807) is 13.2 Å². The Hall–Kier alpha value is -1.81. The van der Waals surface area contributed by atoms with Gasteiger partial charge in [0, 0.05) is 11.0 Å². The molecule has 122 valence electrons. The summed E-state index contributed by atoms with van der Waals surface area (Å²) < 4.78 is 5.93. The van der Waals surface area contributed by atoms with Crippen LogP contribution in [0.1, 0.15) is 33.5 Å². The van der Waals surface area contributed by atoms with Gasteiger partial charge in [-0.15, -0.1) is 0 Å². The quantitative estimate of drug-likeness (QED) is 0.758. The second-order valence-corrected chi connectivity index (χ2v) is 6.49. The first kappa shape index (κ1) is 17.5. The van der Waals surface area contributed by atoms with Crippen molar-refractivity contribution in [2.75, 3.05) is 13.7 Å². The van der Waals surface area contributed by atoms with Crippen LogP contribution in [-0.2, 0) is 6.42 Å². The number of rotatable bonds is 6. The van der Waals surface area contributed by atoms with Crippen molar-refractivity contribution in [2.45, 2.75) is 26.7 Å². The van der Waals surface area contributed by atoms with E-state index in [0.29, 0.717) is 17.9 Å². The van der Waals surface area contributed by atoms with Gasteiger partial charge in [0.15, 0.2) is 0 Å². The summed E-state index contributed by atoms with van der Waals surface area (Å²) >= 11 is 3.41. The highest BCUT2D eigenvalue weighted by Gasteiger charge is 2.10. The maximum Gasteiger partial charge on any atom is 0.252 e. The minimum Gasteiger partial charge on any atom is -0.497 e. The zero-order valence-electron chi connectivity index (χ0n) is 13.8. The molecule has 0 heterocycles. The first-order valence-electron chi connectivity index (χ1n) is 7.69. The minimum absolute atomic E-state index is 0.0867. The van der Waals surface area contributed by atoms with Crippen LogP contribution >= 0.6 is 15.9 Å². The molecule has 1 N–H and O–H groups in total. The monoisotopic (exact) mass is 375 g/mol. The topological polar surface area (TPSA) is 38.3 Å². The van der Waals surface area contributed by atoms with Crippen LogP contribution in [0, 0.1) is 13.8 Å². The number of amides is 1. The van der Waals surface area contributed by atoms with E-state index in [0.717, 1.165) is 17.3 Å². The lowest BCUT2D eigenvalue weighted by Gasteiger charge is -2.10. The SMILES string of the molecule is COc1ccc(Br)c(C(=O)NCCCc2ccc(C)cc2C)c1. The minimum atomic E-state index is -0.0867. The van der Waals surface area contributed by atoms with Gasteiger partial charge >= 0.3 is 0 Å². The number of hydrogen-bond acceptors (Lipinski definition) is 2. The molecule has 2 rings (SSSR count). The van der Waals surface area contributed by atoms with Gasteiger partial charge in [-0.3, -0.25) is 4.79 Å². The zero-order valence-corrected chi connectivity index (χ0v) is 15.4. The normalized spacial score (nSPS) is 10.4. The fraction of sp³-hybridized carbons (Fsp3) is 0.316. The zero-order chi connectivity index (χ0) is 16.8. The lowest BCUT2D eigenvalue weighted by molar-refractivity contribution is 0.0952. The van der Waals surface area contributed by atoms with Gasteiger partial charge in [0.2, 0.25) is 0 Å². The van der Waals surface area contributed by atoms with Gasteiger partial charge in [0.25, 0.3) is 5.91 Å². The summed E-state index contributed by atoms with van der Waals surface area (Å²) in [6, 6.07) is 11.9. The van der Waals surface area contributed by atoms with Crippen molar-refractivity contribution in [3.05, 3.63) is 63.1 Å². The van der Waals surface area contributed by atoms with Crippen molar-refractivity contribution >= 4 is 21.8 Å². The van der Waals surface area contributed by atoms with Crippen LogP contribution in [-0.4, -0.2) is 19.6 Å². The molecule has 0 saturated carbocycles. The van der Waals surface area contributed by atoms with Crippen molar-refractivity contribution in [3.63, 3.8) is 0 Å². The Morgan fingerprint density at radius 2 is 1.96 bits per heavy atom. The maximum atomic E-state index is 12.3. The average molecular weight is 376 g/mol. The summed E-state index contributed by atoms with van der Waals surface area (Å²) in [7, 11) is 1.59. The van der Waals surface area contributed by atoms with Crippen LogP contribution in [0.25, 0.3) is 0 Å². The highest BCUT2D eigenvalue weighted by Crippen LogP contribution is 2.22. The fourth-order valence-electron chi connectivity index (χ4n) is 2.51. The van der Waals surface area contributed by atoms with Gasteiger partial charge in [-0.1, -0.05) is 23.8 Å². The van der Waals surface area contributed by atoms with E-state index < -0.39 is 0 Å². The molecule has 23 heavy (non-hydrogen) atoms. The summed E-state index contributed by atoms with van der Waals surface area (Å²) in [4.78, 5) is 12.3. The van der Waals surface area contributed by atoms with Gasteiger partial charge in [-0.2, -0.15) is 0 Å². The van der Waals surface area contributed by atoms with Gasteiger partial charge in [-0.25, -0.2) is 0 Å². The highest BCUT2D eigenvalue weighted by molar-refractivity contribution is 9.10. The number of aryl methyl sites for hydroxylation is 3. The second kappa shape index (κ2) is 8.16. The Morgan fingerprint density at radius 3 is 2.65 bits per heavy atom. The number of benzene rings is 2. The number of hydrogen-bond donors (Lipinski definition) is 1. The molecule has 0 fully saturated rings. The molecule has 0 spiro atoms. The Bertz CT molecular complexity index is 698. The third-order valence-corrected chi connectivity index (χ3v) is 4.52. The van der Waals surface area contributed by atoms with E-state index in [1.165, 1.54) is 16.7 Å². The van der Waals surface area contributed by atoms with Crippen molar-refractivity contribution in [1.82, 2.24) is 5.32 Å². The van der Waals surface area contributed by atoms with E-state index >= 15 is 0 Å². The van der Waals surface area contributed by atoms with E-state index in [9.17, 15) is 4.79 Å². The molecule has 0 bridgehead atoms. The molecule has 0 aliphatic carbocycles. The van der Waals surface area contributed by atoms with Crippen LogP contribution in [0.2, 0.25) is 0 Å². The van der Waals surface area contributed by atoms with Gasteiger partial charge in [0.1, 0.15) is 5.75 Å². The molecule has 1 amide bonds. The Morgan fingerprint density at radius 1 is 1.17 bits per heavy atom. The van der Waals surface area contributed by atoms with Crippen LogP contribution < -0.4 is 10.1 Å². The number of carbonyl (C=O) groups is 1. The summed E-state index contributed by atoms with van der Waals surface area (Å²) in [6.45, 7) is 4.88. The van der Waals surface area contributed by atoms with Crippen LogP contribution in [0.15, 0.2) is 40.9 Å². The molecule has 0 atom stereocenters. The molecule has 0 radical (unpaired) electrons. The lowest BCUT2D eigenvalue weighted by atomic mass is 10.0. The summed E-state index contributed by atoms with van der Waals surface area (Å²) in [5.74, 6) is 0.588. The third kappa shape index (κ3) is 4.83. The molecule has 4 heteroatoms. The molecule has 0 aliphatic heterocycles. The van der Waals surface area contributed by atoms with Crippen molar-refractivity contribution in [1.29, 1.82) is 0 Å². The van der Waals surface area contributed by atoms with Crippen molar-refractivity contribution in [3.8, 4) is 5.75 Å². The smallest absolute Gasteiger partial charge is 0.252 e. The summed E-state index contributed by atoms with van der Waals surface area (Å²) in [5.41, 5.74) is 4.53. The fourth-order valence-corrected chi connectivity index (χ4v) is 2.93. The molecular weight excluding hydrogens is 354 g/mol. The second-order valence-electron chi connectivity index (χ2n) is 5.64. The van der Waals surface area contributed by atoms with Gasteiger partial charge in [-0.05, 0) is 71.9 Å². The Labute approximate surface area is 146 Å². The average Bonchev–Trinajstić information content (AvgIpc) is 2.53. The molecule has 2 aromatic carbocycles. The largest absolute Gasteiger partial charge is 0.497 e. The number of halogens is 1. The van der Waals surface area contributed by atoms with Crippen LogP contribution in [0.3, 0.4) is 0 Å². The number of ether oxygens (including phenoxy) is 1. The number of nitrogens with one attached hydrogen (secondary N) is 1. The first-order chi connectivity index (χ1) is 11.0. The Balaban J connectivity index is 1.87. The van der Waals surface area contributed by atoms with E-state index in [1.807, 2.05) is 12.1 Å². The van der Waals surface area contributed by atoms with Gasteiger partial charge < -0.3 is 10.1 Å². The molecule has 3 nitrogen and oxygen atoms in total. The third-order valence-electron chi connectivity index (χ3n) is 3.82. The van der Waals surface area contributed by atoms with Crippen LogP contribution in [0.4, 0.5) is 0 Å². The van der Waals surface area contributed by atoms with E-state index in [2.05, 4.69) is 53.3 Å². The summed E-state index contributed by atoms with van der Waals surface area (Å²) in [5, 5.41) is 2.97. The summed E-state index contributed by atoms with van der Waals surface area (Å²) in [6.07, 6.45) is 1.88. The Kier molecular flexibility index (Phi) is 6.22. The molecule has 0 aromatic heterocycles. The van der Waals surface area contributed by atoms with Crippen LogP contribution in [0.5, 0.6) is 5.75 Å². The lowest BCUT2D eigenvalue weighted by Crippen LogP contribution is -2.25. The van der Waals surface area contributed by atoms with E-state index in [-0.39, 0.29) is 5.91 Å². The predicted molar refractivity (Wildman–Crippen MR) is 97.3 cm³/mol. The van der Waals surface area contributed by atoms with Crippen molar-refractivity contribution < 1.29 is 9.53 Å². The number of methoxy groups -OCH3 is 1. The standard InChI is InChI=1S/C19H22BrNO2/c1-13-6-7-15(14(2)11-13)5-4-10-21-19(22)17-12-16(23-3)8-9-18(17)20/h6-9,11-12H,4-5,10H2,1-3H3,(H,21,22).